The fraction of sp³-hybridized carbons (Fsp3) is 1.00. The smallest absolute Gasteiger partial charge is 0.314 e. The molecule has 2 aliphatic carbocycles. The molecular formula is C11H20F3N3O2S. The normalized spacial score (nSPS) is 22.2. The molecule has 2 fully saturated rings. The first kappa shape index (κ1) is 16.0. The van der Waals surface area contributed by atoms with Crippen LogP contribution in [0.3, 0.4) is 0 Å². The second-order valence-electron chi connectivity index (χ2n) is 5.59. The van der Waals surface area contributed by atoms with Crippen LogP contribution in [0, 0.1) is 0 Å². The van der Waals surface area contributed by atoms with Crippen molar-refractivity contribution >= 4 is 10.2 Å². The molecule has 0 aliphatic heterocycles. The fourth-order valence-corrected chi connectivity index (χ4v) is 3.25. The number of hydrogen-bond acceptors (Lipinski definition) is 3. The summed E-state index contributed by atoms with van der Waals surface area (Å²) in [6.07, 6.45) is -2.05. The van der Waals surface area contributed by atoms with Crippen molar-refractivity contribution < 1.29 is 21.6 Å². The zero-order valence-electron chi connectivity index (χ0n) is 11.3. The first-order valence-corrected chi connectivity index (χ1v) is 8.16. The summed E-state index contributed by atoms with van der Waals surface area (Å²) >= 11 is 0. The minimum Gasteiger partial charge on any atom is -0.314 e. The van der Waals surface area contributed by atoms with Crippen molar-refractivity contribution in [1.29, 1.82) is 0 Å². The van der Waals surface area contributed by atoms with Gasteiger partial charge in [-0.25, -0.2) is 0 Å². The summed E-state index contributed by atoms with van der Waals surface area (Å²) in [4.78, 5) is 0. The molecule has 5 nitrogen and oxygen atoms in total. The molecule has 0 aromatic heterocycles. The number of nitrogens with zero attached hydrogens (tertiary/aromatic N) is 1. The number of alkyl halides is 3. The lowest BCUT2D eigenvalue weighted by Crippen LogP contribution is -2.52. The molecule has 2 saturated carbocycles. The van der Waals surface area contributed by atoms with Gasteiger partial charge in [0.05, 0.1) is 0 Å². The molecule has 118 valence electrons. The quantitative estimate of drug-likeness (QED) is 0.657. The van der Waals surface area contributed by atoms with Gasteiger partial charge in [0.1, 0.15) is 5.54 Å². The Morgan fingerprint density at radius 1 is 1.30 bits per heavy atom. The van der Waals surface area contributed by atoms with Gasteiger partial charge >= 0.3 is 6.18 Å². The molecule has 0 aromatic rings. The van der Waals surface area contributed by atoms with Gasteiger partial charge in [-0.15, -0.1) is 0 Å². The number of nitrogens with one attached hydrogen (secondary N) is 2. The van der Waals surface area contributed by atoms with Crippen LogP contribution in [0.4, 0.5) is 13.2 Å². The summed E-state index contributed by atoms with van der Waals surface area (Å²) in [6, 6.07) is 0.537. The average molecular weight is 315 g/mol. The zero-order chi connectivity index (χ0) is 15.0. The van der Waals surface area contributed by atoms with Gasteiger partial charge in [-0.1, -0.05) is 0 Å². The van der Waals surface area contributed by atoms with Crippen molar-refractivity contribution in [3.8, 4) is 0 Å². The lowest BCUT2D eigenvalue weighted by Gasteiger charge is -2.24. The molecule has 2 rings (SSSR count). The highest BCUT2D eigenvalue weighted by Gasteiger charge is 2.65. The molecule has 9 heteroatoms. The molecule has 2 N–H and O–H groups in total. The highest BCUT2D eigenvalue weighted by atomic mass is 32.2. The Hall–Kier alpha value is -0.380. The maximum Gasteiger partial charge on any atom is 0.407 e. The Kier molecular flexibility index (Phi) is 4.35. The minimum absolute atomic E-state index is 0.188. The first-order chi connectivity index (χ1) is 9.16. The molecule has 0 radical (unpaired) electrons. The van der Waals surface area contributed by atoms with Crippen molar-refractivity contribution in [2.45, 2.75) is 49.9 Å². The third-order valence-electron chi connectivity index (χ3n) is 3.69. The lowest BCUT2D eigenvalue weighted by atomic mass is 10.3. The Balaban J connectivity index is 1.79. The topological polar surface area (TPSA) is 61.4 Å². The number of hydrogen-bond donors (Lipinski definition) is 2. The molecule has 0 heterocycles. The minimum atomic E-state index is -4.53. The average Bonchev–Trinajstić information content (AvgIpc) is 3.16. The Morgan fingerprint density at radius 3 is 2.35 bits per heavy atom. The molecular weight excluding hydrogens is 295 g/mol. The maximum atomic E-state index is 12.7. The summed E-state index contributed by atoms with van der Waals surface area (Å²) in [5, 5.41) is 3.23. The second-order valence-corrected chi connectivity index (χ2v) is 7.37. The standard InChI is InChI=1S/C11H20F3N3O2S/c1-17(8-2-7-15-9-3-4-9)20(18,19)16-10(5-6-10)11(12,13)14/h9,15-16H,2-8H2,1H3. The SMILES string of the molecule is CN(CCCNC1CC1)S(=O)(=O)NC1(C(F)(F)F)CC1. The van der Waals surface area contributed by atoms with Gasteiger partial charge < -0.3 is 5.32 Å². The molecule has 0 aromatic carbocycles. The van der Waals surface area contributed by atoms with Crippen molar-refractivity contribution in [1.82, 2.24) is 14.3 Å². The molecule has 0 saturated heterocycles. The van der Waals surface area contributed by atoms with Crippen LogP contribution < -0.4 is 10.0 Å². The van der Waals surface area contributed by atoms with Crippen LogP contribution in [0.15, 0.2) is 0 Å². The first-order valence-electron chi connectivity index (χ1n) is 6.72. The highest BCUT2D eigenvalue weighted by molar-refractivity contribution is 7.87. The van der Waals surface area contributed by atoms with E-state index in [0.29, 0.717) is 19.0 Å². The van der Waals surface area contributed by atoms with Crippen molar-refractivity contribution in [3.63, 3.8) is 0 Å². The predicted molar refractivity (Wildman–Crippen MR) is 68.3 cm³/mol. The Morgan fingerprint density at radius 2 is 1.90 bits per heavy atom. The summed E-state index contributed by atoms with van der Waals surface area (Å²) in [7, 11) is -2.79. The van der Waals surface area contributed by atoms with Crippen molar-refractivity contribution in [2.24, 2.45) is 0 Å². The van der Waals surface area contributed by atoms with Gasteiger partial charge in [0.25, 0.3) is 10.2 Å². The lowest BCUT2D eigenvalue weighted by molar-refractivity contribution is -0.161. The van der Waals surface area contributed by atoms with Crippen molar-refractivity contribution in [2.75, 3.05) is 20.1 Å². The van der Waals surface area contributed by atoms with Crippen LogP contribution in [0.2, 0.25) is 0 Å². The number of rotatable bonds is 8. The molecule has 0 atom stereocenters. The molecule has 0 amide bonds. The molecule has 2 aliphatic rings. The van der Waals surface area contributed by atoms with E-state index < -0.39 is 21.9 Å². The molecule has 0 spiro atoms. The summed E-state index contributed by atoms with van der Waals surface area (Å²) in [6.45, 7) is 0.873. The van der Waals surface area contributed by atoms with Gasteiger partial charge in [-0.3, -0.25) is 0 Å². The summed E-state index contributed by atoms with van der Waals surface area (Å²) in [5.41, 5.74) is -2.24. The Labute approximate surface area is 117 Å². The van der Waals surface area contributed by atoms with Crippen molar-refractivity contribution in [3.05, 3.63) is 0 Å². The van der Waals surface area contributed by atoms with E-state index >= 15 is 0 Å². The van der Waals surface area contributed by atoms with E-state index in [1.165, 1.54) is 7.05 Å². The van der Waals surface area contributed by atoms with Crippen LogP contribution in [0.25, 0.3) is 0 Å². The summed E-state index contributed by atoms with van der Waals surface area (Å²) < 4.78 is 64.7. The van der Waals surface area contributed by atoms with E-state index in [2.05, 4.69) is 5.32 Å². The second kappa shape index (κ2) is 5.43. The van der Waals surface area contributed by atoms with E-state index in [4.69, 9.17) is 0 Å². The Bertz CT molecular complexity index is 444. The van der Waals surface area contributed by atoms with E-state index in [9.17, 15) is 21.6 Å². The van der Waals surface area contributed by atoms with Gasteiger partial charge in [0.2, 0.25) is 0 Å². The van der Waals surface area contributed by atoms with E-state index in [-0.39, 0.29) is 19.4 Å². The summed E-state index contributed by atoms with van der Waals surface area (Å²) in [5.74, 6) is 0. The van der Waals surface area contributed by atoms with E-state index in [1.54, 1.807) is 4.72 Å². The molecule has 0 unspecified atom stereocenters. The molecule has 0 bridgehead atoms. The van der Waals surface area contributed by atoms with Crippen LogP contribution >= 0.6 is 0 Å². The largest absolute Gasteiger partial charge is 0.407 e. The predicted octanol–water partition coefficient (Wildman–Crippen LogP) is 0.990. The van der Waals surface area contributed by atoms with Gasteiger partial charge in [-0.2, -0.15) is 30.6 Å². The zero-order valence-corrected chi connectivity index (χ0v) is 12.1. The monoisotopic (exact) mass is 315 g/mol. The van der Waals surface area contributed by atoms with Crippen LogP contribution in [0.5, 0.6) is 0 Å². The van der Waals surface area contributed by atoms with Gasteiger partial charge in [0.15, 0.2) is 0 Å². The van der Waals surface area contributed by atoms with Gasteiger partial charge in [0, 0.05) is 19.6 Å². The highest BCUT2D eigenvalue weighted by Crippen LogP contribution is 2.49. The number of halogens is 3. The van der Waals surface area contributed by atoms with Gasteiger partial charge in [-0.05, 0) is 38.6 Å². The van der Waals surface area contributed by atoms with Crippen LogP contribution in [-0.2, 0) is 10.2 Å². The van der Waals surface area contributed by atoms with Crippen LogP contribution in [0.1, 0.15) is 32.1 Å². The van der Waals surface area contributed by atoms with Crippen LogP contribution in [-0.4, -0.2) is 50.6 Å². The fourth-order valence-electron chi connectivity index (χ4n) is 1.91. The van der Waals surface area contributed by atoms with E-state index in [0.717, 1.165) is 17.1 Å². The third-order valence-corrected chi connectivity index (χ3v) is 5.34. The third kappa shape index (κ3) is 3.84. The maximum absolute atomic E-state index is 12.7. The molecule has 20 heavy (non-hydrogen) atoms. The van der Waals surface area contributed by atoms with E-state index in [1.807, 2.05) is 0 Å².